The minimum Gasteiger partial charge on any atom is -0.348 e. The molecule has 1 aliphatic heterocycles. The molecule has 2 rings (SSSR count). The van der Waals surface area contributed by atoms with Crippen molar-refractivity contribution in [3.63, 3.8) is 0 Å². The molecule has 0 aliphatic carbocycles. The summed E-state index contributed by atoms with van der Waals surface area (Å²) in [6, 6.07) is 5.63. The van der Waals surface area contributed by atoms with E-state index in [0.717, 1.165) is 31.5 Å². The second-order valence-electron chi connectivity index (χ2n) is 4.48. The first-order chi connectivity index (χ1) is 8.16. The standard InChI is InChI=1S/C13H17ClN2O.ClH/c1-9-4-5-10(14)7-12(9)13(17)16-11-3-2-6-15-8-11;/h4-5,7,11,15H,2-3,6,8H2,1H3,(H,16,17);1H. The van der Waals surface area contributed by atoms with Crippen LogP contribution in [0.3, 0.4) is 0 Å². The smallest absolute Gasteiger partial charge is 0.251 e. The topological polar surface area (TPSA) is 41.1 Å². The van der Waals surface area contributed by atoms with Crippen LogP contribution >= 0.6 is 24.0 Å². The lowest BCUT2D eigenvalue weighted by atomic mass is 10.1. The average molecular weight is 289 g/mol. The number of amides is 1. The molecule has 1 heterocycles. The van der Waals surface area contributed by atoms with Crippen LogP contribution in [0, 0.1) is 6.92 Å². The molecule has 5 heteroatoms. The molecule has 1 aromatic rings. The Morgan fingerprint density at radius 1 is 1.50 bits per heavy atom. The van der Waals surface area contributed by atoms with Crippen molar-refractivity contribution in [3.05, 3.63) is 34.3 Å². The number of hydrogen-bond donors (Lipinski definition) is 2. The Kier molecular flexibility index (Phi) is 5.93. The number of carbonyl (C=O) groups is 1. The molecular formula is C13H18Cl2N2O. The quantitative estimate of drug-likeness (QED) is 0.878. The van der Waals surface area contributed by atoms with Gasteiger partial charge < -0.3 is 10.6 Å². The lowest BCUT2D eigenvalue weighted by molar-refractivity contribution is 0.0930. The highest BCUT2D eigenvalue weighted by molar-refractivity contribution is 6.31. The molecule has 18 heavy (non-hydrogen) atoms. The van der Waals surface area contributed by atoms with E-state index in [0.29, 0.717) is 10.6 Å². The molecule has 1 atom stereocenters. The maximum atomic E-state index is 12.1. The van der Waals surface area contributed by atoms with Gasteiger partial charge in [0.05, 0.1) is 0 Å². The van der Waals surface area contributed by atoms with Gasteiger partial charge in [0.15, 0.2) is 0 Å². The van der Waals surface area contributed by atoms with Crippen LogP contribution in [0.5, 0.6) is 0 Å². The number of carbonyl (C=O) groups excluding carboxylic acids is 1. The van der Waals surface area contributed by atoms with Crippen LogP contribution in [0.1, 0.15) is 28.8 Å². The number of halogens is 2. The van der Waals surface area contributed by atoms with Gasteiger partial charge in [-0.05, 0) is 44.0 Å². The van der Waals surface area contributed by atoms with E-state index in [2.05, 4.69) is 10.6 Å². The number of hydrogen-bond acceptors (Lipinski definition) is 2. The predicted octanol–water partition coefficient (Wildman–Crippen LogP) is 2.55. The van der Waals surface area contributed by atoms with Crippen LogP contribution in [0.4, 0.5) is 0 Å². The van der Waals surface area contributed by atoms with Gasteiger partial charge >= 0.3 is 0 Å². The fraction of sp³-hybridized carbons (Fsp3) is 0.462. The molecule has 1 amide bonds. The molecule has 2 N–H and O–H groups in total. The van der Waals surface area contributed by atoms with Crippen molar-refractivity contribution in [2.45, 2.75) is 25.8 Å². The van der Waals surface area contributed by atoms with Crippen molar-refractivity contribution < 1.29 is 4.79 Å². The molecule has 1 aliphatic rings. The summed E-state index contributed by atoms with van der Waals surface area (Å²) in [5, 5.41) is 6.92. The third-order valence-electron chi connectivity index (χ3n) is 3.08. The van der Waals surface area contributed by atoms with Gasteiger partial charge in [-0.2, -0.15) is 0 Å². The van der Waals surface area contributed by atoms with Gasteiger partial charge in [-0.1, -0.05) is 17.7 Å². The SMILES string of the molecule is Cc1ccc(Cl)cc1C(=O)NC1CCCNC1.Cl. The van der Waals surface area contributed by atoms with E-state index in [1.165, 1.54) is 0 Å². The second-order valence-corrected chi connectivity index (χ2v) is 4.91. The van der Waals surface area contributed by atoms with E-state index in [4.69, 9.17) is 11.6 Å². The van der Waals surface area contributed by atoms with E-state index >= 15 is 0 Å². The Morgan fingerprint density at radius 3 is 2.94 bits per heavy atom. The first kappa shape index (κ1) is 15.3. The van der Waals surface area contributed by atoms with Crippen LogP contribution < -0.4 is 10.6 Å². The summed E-state index contributed by atoms with van der Waals surface area (Å²) in [7, 11) is 0. The Bertz CT molecular complexity index is 417. The van der Waals surface area contributed by atoms with Gasteiger partial charge in [0.2, 0.25) is 0 Å². The van der Waals surface area contributed by atoms with E-state index in [1.807, 2.05) is 13.0 Å². The van der Waals surface area contributed by atoms with E-state index < -0.39 is 0 Å². The monoisotopic (exact) mass is 288 g/mol. The van der Waals surface area contributed by atoms with Crippen molar-refractivity contribution in [2.75, 3.05) is 13.1 Å². The fourth-order valence-electron chi connectivity index (χ4n) is 2.08. The molecule has 1 aromatic carbocycles. The first-order valence-electron chi connectivity index (χ1n) is 5.94. The van der Waals surface area contributed by atoms with Gasteiger partial charge in [-0.3, -0.25) is 4.79 Å². The third-order valence-corrected chi connectivity index (χ3v) is 3.31. The van der Waals surface area contributed by atoms with Gasteiger partial charge in [0.1, 0.15) is 0 Å². The van der Waals surface area contributed by atoms with Gasteiger partial charge in [-0.25, -0.2) is 0 Å². The highest BCUT2D eigenvalue weighted by Crippen LogP contribution is 2.15. The summed E-state index contributed by atoms with van der Waals surface area (Å²) in [4.78, 5) is 12.1. The maximum Gasteiger partial charge on any atom is 0.251 e. The summed E-state index contributed by atoms with van der Waals surface area (Å²) in [6.45, 7) is 3.82. The lowest BCUT2D eigenvalue weighted by Gasteiger charge is -2.24. The number of rotatable bonds is 2. The Balaban J connectivity index is 0.00000162. The number of nitrogens with one attached hydrogen (secondary N) is 2. The number of aryl methyl sites for hydroxylation is 1. The molecule has 0 saturated carbocycles. The van der Waals surface area contributed by atoms with E-state index in [9.17, 15) is 4.79 Å². The zero-order chi connectivity index (χ0) is 12.3. The van der Waals surface area contributed by atoms with Crippen LogP contribution in [0.25, 0.3) is 0 Å². The molecule has 0 spiro atoms. The average Bonchev–Trinajstić information content (AvgIpc) is 2.33. The van der Waals surface area contributed by atoms with Crippen molar-refractivity contribution in [1.82, 2.24) is 10.6 Å². The molecule has 1 unspecified atom stereocenters. The van der Waals surface area contributed by atoms with E-state index in [1.54, 1.807) is 12.1 Å². The summed E-state index contributed by atoms with van der Waals surface area (Å²) in [5.41, 5.74) is 1.62. The predicted molar refractivity (Wildman–Crippen MR) is 76.8 cm³/mol. The summed E-state index contributed by atoms with van der Waals surface area (Å²) < 4.78 is 0. The molecule has 0 radical (unpaired) electrons. The van der Waals surface area contributed by atoms with Gasteiger partial charge in [0, 0.05) is 23.2 Å². The highest BCUT2D eigenvalue weighted by atomic mass is 35.5. The zero-order valence-corrected chi connectivity index (χ0v) is 11.9. The van der Waals surface area contributed by atoms with Crippen molar-refractivity contribution >= 4 is 29.9 Å². The molecule has 0 bridgehead atoms. The molecule has 3 nitrogen and oxygen atoms in total. The molecule has 1 fully saturated rings. The first-order valence-corrected chi connectivity index (χ1v) is 6.32. The molecule has 100 valence electrons. The number of benzene rings is 1. The fourth-order valence-corrected chi connectivity index (χ4v) is 2.25. The van der Waals surface area contributed by atoms with Gasteiger partial charge in [-0.15, -0.1) is 12.4 Å². The summed E-state index contributed by atoms with van der Waals surface area (Å²) in [6.07, 6.45) is 2.15. The van der Waals surface area contributed by atoms with Crippen LogP contribution in [-0.2, 0) is 0 Å². The molecule has 0 aromatic heterocycles. The lowest BCUT2D eigenvalue weighted by Crippen LogP contribution is -2.45. The van der Waals surface area contributed by atoms with Crippen molar-refractivity contribution in [3.8, 4) is 0 Å². The Morgan fingerprint density at radius 2 is 2.28 bits per heavy atom. The second kappa shape index (κ2) is 6.98. The minimum atomic E-state index is -0.0290. The zero-order valence-electron chi connectivity index (χ0n) is 10.3. The normalized spacial score (nSPS) is 18.9. The van der Waals surface area contributed by atoms with Crippen LogP contribution in [0.2, 0.25) is 5.02 Å². The Hall–Kier alpha value is -0.770. The van der Waals surface area contributed by atoms with Crippen LogP contribution in [-0.4, -0.2) is 25.0 Å². The van der Waals surface area contributed by atoms with Crippen molar-refractivity contribution in [1.29, 1.82) is 0 Å². The molecular weight excluding hydrogens is 271 g/mol. The molecule has 1 saturated heterocycles. The van der Waals surface area contributed by atoms with Crippen LogP contribution in [0.15, 0.2) is 18.2 Å². The van der Waals surface area contributed by atoms with Crippen molar-refractivity contribution in [2.24, 2.45) is 0 Å². The minimum absolute atomic E-state index is 0. The van der Waals surface area contributed by atoms with Gasteiger partial charge in [0.25, 0.3) is 5.91 Å². The summed E-state index contributed by atoms with van der Waals surface area (Å²) in [5.74, 6) is -0.0290. The largest absolute Gasteiger partial charge is 0.348 e. The summed E-state index contributed by atoms with van der Waals surface area (Å²) >= 11 is 5.91. The maximum absolute atomic E-state index is 12.1. The van der Waals surface area contributed by atoms with E-state index in [-0.39, 0.29) is 24.4 Å². The Labute approximate surface area is 119 Å². The number of piperidine rings is 1. The highest BCUT2D eigenvalue weighted by Gasteiger charge is 2.17. The third kappa shape index (κ3) is 3.87.